The minimum atomic E-state index is -0.713. The number of nitrogens with one attached hydrogen (secondary N) is 1. The molecule has 0 unspecified atom stereocenters. The van der Waals surface area contributed by atoms with Crippen molar-refractivity contribution in [3.8, 4) is 11.5 Å². The molecule has 0 spiro atoms. The summed E-state index contributed by atoms with van der Waals surface area (Å²) >= 11 is 0. The van der Waals surface area contributed by atoms with Gasteiger partial charge in [0.15, 0.2) is 11.5 Å². The van der Waals surface area contributed by atoms with Gasteiger partial charge in [-0.25, -0.2) is 0 Å². The zero-order valence-corrected chi connectivity index (χ0v) is 12.7. The fraction of sp³-hybridized carbons (Fsp3) is 0.133. The molecular weight excluding hydrogens is 332 g/mol. The van der Waals surface area contributed by atoms with Gasteiger partial charge in [0.2, 0.25) is 0 Å². The fourth-order valence-corrected chi connectivity index (χ4v) is 2.20. The van der Waals surface area contributed by atoms with E-state index in [1.54, 1.807) is 18.2 Å². The lowest BCUT2D eigenvalue weighted by molar-refractivity contribution is -0.393. The standard InChI is InChI=1S/C15H12N4O6/c20-18(21)11-2-3-12(13(8-11)19(22)23)17-16-9-10-1-4-14-15(7-10)25-6-5-24-14/h1-4,7-9,17H,5-6H2/b16-9+. The zero-order chi connectivity index (χ0) is 17.8. The number of nitro groups is 2. The average Bonchev–Trinajstić information content (AvgIpc) is 2.61. The van der Waals surface area contributed by atoms with Crippen molar-refractivity contribution in [3.05, 3.63) is 62.2 Å². The highest BCUT2D eigenvalue weighted by atomic mass is 16.6. The number of benzene rings is 2. The SMILES string of the molecule is O=[N+]([O-])c1ccc(N/N=C/c2ccc3c(c2)OCCO3)c([N+](=O)[O-])c1. The van der Waals surface area contributed by atoms with E-state index in [2.05, 4.69) is 10.5 Å². The van der Waals surface area contributed by atoms with Crippen molar-refractivity contribution >= 4 is 23.3 Å². The number of fused-ring (bicyclic) bond motifs is 1. The van der Waals surface area contributed by atoms with E-state index in [-0.39, 0.29) is 11.4 Å². The van der Waals surface area contributed by atoms with Crippen molar-refractivity contribution in [2.45, 2.75) is 0 Å². The first-order valence-corrected chi connectivity index (χ1v) is 7.16. The van der Waals surface area contributed by atoms with E-state index in [0.717, 1.165) is 12.1 Å². The summed E-state index contributed by atoms with van der Waals surface area (Å²) in [5.41, 5.74) is 2.46. The first-order chi connectivity index (χ1) is 12.0. The zero-order valence-electron chi connectivity index (χ0n) is 12.7. The van der Waals surface area contributed by atoms with Crippen LogP contribution in [0.5, 0.6) is 11.5 Å². The first-order valence-electron chi connectivity index (χ1n) is 7.16. The Labute approximate surface area is 141 Å². The molecule has 0 saturated carbocycles. The molecule has 3 rings (SSSR count). The summed E-state index contributed by atoms with van der Waals surface area (Å²) in [4.78, 5) is 20.4. The Morgan fingerprint density at radius 1 is 1.00 bits per heavy atom. The molecule has 0 bridgehead atoms. The van der Waals surface area contributed by atoms with Crippen LogP contribution >= 0.6 is 0 Å². The number of hydrogen-bond donors (Lipinski definition) is 1. The summed E-state index contributed by atoms with van der Waals surface area (Å²) in [5.74, 6) is 1.24. The summed E-state index contributed by atoms with van der Waals surface area (Å²) in [5, 5.41) is 25.7. The molecule has 0 saturated heterocycles. The molecule has 1 aliphatic rings. The highest BCUT2D eigenvalue weighted by Gasteiger charge is 2.19. The van der Waals surface area contributed by atoms with Gasteiger partial charge >= 0.3 is 5.69 Å². The van der Waals surface area contributed by atoms with Gasteiger partial charge < -0.3 is 9.47 Å². The molecule has 1 heterocycles. The number of anilines is 1. The van der Waals surface area contributed by atoms with Crippen LogP contribution in [0, 0.1) is 20.2 Å². The van der Waals surface area contributed by atoms with Crippen molar-refractivity contribution < 1.29 is 19.3 Å². The molecule has 10 heteroatoms. The number of hydrazone groups is 1. The molecule has 1 aliphatic heterocycles. The van der Waals surface area contributed by atoms with Gasteiger partial charge in [-0.1, -0.05) is 0 Å². The average molecular weight is 344 g/mol. The third-order valence-electron chi connectivity index (χ3n) is 3.35. The fourth-order valence-electron chi connectivity index (χ4n) is 2.20. The largest absolute Gasteiger partial charge is 0.486 e. The normalized spacial score (nSPS) is 12.8. The molecule has 0 atom stereocenters. The van der Waals surface area contributed by atoms with E-state index in [1.165, 1.54) is 12.3 Å². The van der Waals surface area contributed by atoms with Crippen LogP contribution in [0.4, 0.5) is 17.1 Å². The molecule has 25 heavy (non-hydrogen) atoms. The predicted octanol–water partition coefficient (Wildman–Crippen LogP) is 2.72. The molecule has 0 fully saturated rings. The summed E-state index contributed by atoms with van der Waals surface area (Å²) < 4.78 is 10.9. The summed E-state index contributed by atoms with van der Waals surface area (Å²) in [7, 11) is 0. The second kappa shape index (κ2) is 6.83. The third-order valence-corrected chi connectivity index (χ3v) is 3.35. The van der Waals surface area contributed by atoms with Crippen LogP contribution in [-0.4, -0.2) is 29.3 Å². The number of hydrogen-bond acceptors (Lipinski definition) is 8. The van der Waals surface area contributed by atoms with Crippen molar-refractivity contribution in [1.29, 1.82) is 0 Å². The highest BCUT2D eigenvalue weighted by Crippen LogP contribution is 2.31. The minimum absolute atomic E-state index is 0.0457. The highest BCUT2D eigenvalue weighted by molar-refractivity contribution is 5.82. The van der Waals surface area contributed by atoms with Crippen LogP contribution in [0.15, 0.2) is 41.5 Å². The van der Waals surface area contributed by atoms with Gasteiger partial charge in [0.1, 0.15) is 18.9 Å². The maximum Gasteiger partial charge on any atom is 0.301 e. The monoisotopic (exact) mass is 344 g/mol. The quantitative estimate of drug-likeness (QED) is 0.501. The van der Waals surface area contributed by atoms with E-state index < -0.39 is 15.5 Å². The van der Waals surface area contributed by atoms with Gasteiger partial charge in [-0.2, -0.15) is 5.10 Å². The Kier molecular flexibility index (Phi) is 4.42. The van der Waals surface area contributed by atoms with Crippen molar-refractivity contribution in [2.24, 2.45) is 5.10 Å². The number of rotatable bonds is 5. The van der Waals surface area contributed by atoms with E-state index in [4.69, 9.17) is 9.47 Å². The molecule has 0 amide bonds. The number of ether oxygens (including phenoxy) is 2. The molecule has 1 N–H and O–H groups in total. The van der Waals surface area contributed by atoms with Crippen LogP contribution < -0.4 is 14.9 Å². The van der Waals surface area contributed by atoms with Gasteiger partial charge in [-0.3, -0.25) is 25.7 Å². The molecule has 128 valence electrons. The first kappa shape index (κ1) is 16.2. The van der Waals surface area contributed by atoms with Gasteiger partial charge in [-0.05, 0) is 29.8 Å². The van der Waals surface area contributed by atoms with Gasteiger partial charge in [0.25, 0.3) is 5.69 Å². The second-order valence-corrected chi connectivity index (χ2v) is 4.99. The second-order valence-electron chi connectivity index (χ2n) is 4.99. The predicted molar refractivity (Wildman–Crippen MR) is 88.4 cm³/mol. The Morgan fingerprint density at radius 2 is 1.76 bits per heavy atom. The van der Waals surface area contributed by atoms with Gasteiger partial charge in [0.05, 0.1) is 22.1 Å². The number of non-ortho nitro benzene ring substituents is 1. The van der Waals surface area contributed by atoms with Crippen LogP contribution in [0.25, 0.3) is 0 Å². The summed E-state index contributed by atoms with van der Waals surface area (Å²) in [6.07, 6.45) is 1.45. The Hall–Kier alpha value is -3.69. The van der Waals surface area contributed by atoms with Gasteiger partial charge in [0, 0.05) is 6.07 Å². The third kappa shape index (κ3) is 3.63. The van der Waals surface area contributed by atoms with Crippen molar-refractivity contribution in [1.82, 2.24) is 0 Å². The van der Waals surface area contributed by atoms with Crippen molar-refractivity contribution in [2.75, 3.05) is 18.6 Å². The van der Waals surface area contributed by atoms with Crippen LogP contribution in [-0.2, 0) is 0 Å². The number of nitro benzene ring substituents is 2. The molecule has 10 nitrogen and oxygen atoms in total. The van der Waals surface area contributed by atoms with E-state index in [9.17, 15) is 20.2 Å². The topological polar surface area (TPSA) is 129 Å². The summed E-state index contributed by atoms with van der Waals surface area (Å²) in [6, 6.07) is 8.49. The van der Waals surface area contributed by atoms with E-state index >= 15 is 0 Å². The van der Waals surface area contributed by atoms with E-state index in [1.807, 2.05) is 0 Å². The lowest BCUT2D eigenvalue weighted by Gasteiger charge is -2.18. The Bertz CT molecular complexity index is 867. The molecule has 0 aliphatic carbocycles. The summed E-state index contributed by atoms with van der Waals surface area (Å²) in [6.45, 7) is 0.951. The molecule has 0 radical (unpaired) electrons. The van der Waals surface area contributed by atoms with Crippen LogP contribution in [0.1, 0.15) is 5.56 Å². The maximum absolute atomic E-state index is 11.1. The minimum Gasteiger partial charge on any atom is -0.486 e. The Balaban J connectivity index is 1.78. The molecular formula is C15H12N4O6. The maximum atomic E-state index is 11.1. The number of nitrogens with zero attached hydrogens (tertiary/aromatic N) is 3. The van der Waals surface area contributed by atoms with Crippen molar-refractivity contribution in [3.63, 3.8) is 0 Å². The molecule has 2 aromatic rings. The van der Waals surface area contributed by atoms with E-state index in [0.29, 0.717) is 30.3 Å². The lowest BCUT2D eigenvalue weighted by atomic mass is 10.2. The Morgan fingerprint density at radius 3 is 2.48 bits per heavy atom. The van der Waals surface area contributed by atoms with Crippen LogP contribution in [0.2, 0.25) is 0 Å². The lowest BCUT2D eigenvalue weighted by Crippen LogP contribution is -2.15. The molecule has 2 aromatic carbocycles. The molecule has 0 aromatic heterocycles. The van der Waals surface area contributed by atoms with Crippen LogP contribution in [0.3, 0.4) is 0 Å². The van der Waals surface area contributed by atoms with Gasteiger partial charge in [-0.15, -0.1) is 0 Å². The smallest absolute Gasteiger partial charge is 0.301 e.